The van der Waals surface area contributed by atoms with Gasteiger partial charge < -0.3 is 15.7 Å². The van der Waals surface area contributed by atoms with Crippen molar-refractivity contribution in [2.24, 2.45) is 5.10 Å². The summed E-state index contributed by atoms with van der Waals surface area (Å²) in [5.41, 5.74) is 5.46. The van der Waals surface area contributed by atoms with Gasteiger partial charge in [-0.25, -0.2) is 10.2 Å². The topological polar surface area (TPSA) is 103 Å². The van der Waals surface area contributed by atoms with Gasteiger partial charge in [-0.05, 0) is 36.8 Å². The summed E-state index contributed by atoms with van der Waals surface area (Å²) in [4.78, 5) is 23.3. The molecule has 1 heterocycles. The second-order valence-electron chi connectivity index (χ2n) is 5.77. The van der Waals surface area contributed by atoms with Gasteiger partial charge in [0, 0.05) is 11.3 Å². The highest BCUT2D eigenvalue weighted by atomic mass is 16.3. The summed E-state index contributed by atoms with van der Waals surface area (Å²) in [6.07, 6.45) is 0.224. The van der Waals surface area contributed by atoms with E-state index >= 15 is 0 Å². The fraction of sp³-hybridized carbons (Fsp3) is 0.167. The molecule has 0 aliphatic carbocycles. The van der Waals surface area contributed by atoms with Gasteiger partial charge in [0.1, 0.15) is 5.75 Å². The number of amides is 3. The number of hydrogen-bond donors (Lipinski definition) is 4. The predicted molar refractivity (Wildman–Crippen MR) is 94.5 cm³/mol. The molecule has 0 saturated heterocycles. The summed E-state index contributed by atoms with van der Waals surface area (Å²) >= 11 is 0. The third-order valence-corrected chi connectivity index (χ3v) is 3.80. The fourth-order valence-electron chi connectivity index (χ4n) is 2.55. The molecule has 3 rings (SSSR count). The largest absolute Gasteiger partial charge is 0.508 e. The molecular weight excluding hydrogens is 320 g/mol. The van der Waals surface area contributed by atoms with Crippen molar-refractivity contribution in [3.63, 3.8) is 0 Å². The van der Waals surface area contributed by atoms with E-state index in [9.17, 15) is 14.7 Å². The molecule has 1 atom stereocenters. The van der Waals surface area contributed by atoms with E-state index in [-0.39, 0.29) is 30.2 Å². The first-order chi connectivity index (χ1) is 12.0. The van der Waals surface area contributed by atoms with Crippen LogP contribution in [0.5, 0.6) is 5.75 Å². The van der Waals surface area contributed by atoms with Crippen molar-refractivity contribution in [3.8, 4) is 5.75 Å². The van der Waals surface area contributed by atoms with Gasteiger partial charge >= 0.3 is 6.03 Å². The van der Waals surface area contributed by atoms with E-state index in [1.165, 1.54) is 0 Å². The Morgan fingerprint density at radius 1 is 1.16 bits per heavy atom. The Balaban J connectivity index is 1.63. The van der Waals surface area contributed by atoms with Crippen LogP contribution in [0.2, 0.25) is 0 Å². The smallest absolute Gasteiger partial charge is 0.335 e. The lowest BCUT2D eigenvalue weighted by Crippen LogP contribution is -2.48. The molecule has 2 aromatic rings. The SMILES string of the molecule is CC1NC(=O)NN=C1c1ccc(NC(=O)Cc2ccc(O)cc2)cc1. The number of hydrogen-bond acceptors (Lipinski definition) is 4. The Morgan fingerprint density at radius 2 is 1.84 bits per heavy atom. The molecule has 0 fully saturated rings. The summed E-state index contributed by atoms with van der Waals surface area (Å²) in [7, 11) is 0. The van der Waals surface area contributed by atoms with Gasteiger partial charge in [0.2, 0.25) is 5.91 Å². The number of aromatic hydroxyl groups is 1. The van der Waals surface area contributed by atoms with Gasteiger partial charge in [-0.1, -0.05) is 24.3 Å². The molecule has 1 unspecified atom stereocenters. The molecule has 25 heavy (non-hydrogen) atoms. The lowest BCUT2D eigenvalue weighted by molar-refractivity contribution is -0.115. The van der Waals surface area contributed by atoms with Crippen LogP contribution in [0, 0.1) is 0 Å². The second kappa shape index (κ2) is 7.04. The van der Waals surface area contributed by atoms with Crippen molar-refractivity contribution in [1.82, 2.24) is 10.7 Å². The van der Waals surface area contributed by atoms with Crippen molar-refractivity contribution in [2.75, 3.05) is 5.32 Å². The van der Waals surface area contributed by atoms with E-state index in [0.29, 0.717) is 5.69 Å². The third-order valence-electron chi connectivity index (χ3n) is 3.80. The van der Waals surface area contributed by atoms with E-state index in [4.69, 9.17) is 0 Å². The maximum absolute atomic E-state index is 12.1. The van der Waals surface area contributed by atoms with Gasteiger partial charge in [-0.2, -0.15) is 5.10 Å². The average molecular weight is 338 g/mol. The van der Waals surface area contributed by atoms with Gasteiger partial charge in [-0.3, -0.25) is 4.79 Å². The number of carbonyl (C=O) groups excluding carboxylic acids is 2. The van der Waals surface area contributed by atoms with E-state index in [0.717, 1.165) is 16.8 Å². The first kappa shape index (κ1) is 16.5. The molecule has 0 saturated carbocycles. The van der Waals surface area contributed by atoms with Gasteiger partial charge in [0.15, 0.2) is 0 Å². The van der Waals surface area contributed by atoms with Crippen LogP contribution in [0.4, 0.5) is 10.5 Å². The Hall–Kier alpha value is -3.35. The number of hydrazone groups is 1. The highest BCUT2D eigenvalue weighted by molar-refractivity contribution is 6.07. The van der Waals surface area contributed by atoms with Crippen LogP contribution in [-0.4, -0.2) is 28.8 Å². The van der Waals surface area contributed by atoms with E-state index in [2.05, 4.69) is 21.2 Å². The summed E-state index contributed by atoms with van der Waals surface area (Å²) < 4.78 is 0. The zero-order chi connectivity index (χ0) is 17.8. The third kappa shape index (κ3) is 4.14. The van der Waals surface area contributed by atoms with Gasteiger partial charge in [-0.15, -0.1) is 0 Å². The minimum absolute atomic E-state index is 0.143. The number of benzene rings is 2. The Kier molecular flexibility index (Phi) is 4.65. The normalized spacial score (nSPS) is 16.4. The molecule has 1 aliphatic rings. The van der Waals surface area contributed by atoms with Crippen molar-refractivity contribution >= 4 is 23.3 Å². The minimum Gasteiger partial charge on any atom is -0.508 e. The number of phenolic OH excluding ortho intramolecular Hbond substituents is 1. The summed E-state index contributed by atoms with van der Waals surface area (Å²) in [5, 5.41) is 18.9. The molecule has 0 spiro atoms. The molecule has 7 nitrogen and oxygen atoms in total. The minimum atomic E-state index is -0.325. The molecule has 1 aliphatic heterocycles. The number of urea groups is 1. The van der Waals surface area contributed by atoms with Crippen molar-refractivity contribution in [2.45, 2.75) is 19.4 Å². The number of nitrogens with zero attached hydrogens (tertiary/aromatic N) is 1. The van der Waals surface area contributed by atoms with Crippen LogP contribution < -0.4 is 16.1 Å². The number of phenols is 1. The Morgan fingerprint density at radius 3 is 2.48 bits per heavy atom. The lowest BCUT2D eigenvalue weighted by Gasteiger charge is -2.21. The predicted octanol–water partition coefficient (Wildman–Crippen LogP) is 1.98. The van der Waals surface area contributed by atoms with Crippen LogP contribution in [0.15, 0.2) is 53.6 Å². The molecule has 7 heteroatoms. The number of rotatable bonds is 4. The van der Waals surface area contributed by atoms with Crippen molar-refractivity contribution < 1.29 is 14.7 Å². The van der Waals surface area contributed by atoms with Crippen LogP contribution in [0.3, 0.4) is 0 Å². The molecule has 4 N–H and O–H groups in total. The van der Waals surface area contributed by atoms with Crippen LogP contribution in [0.1, 0.15) is 18.1 Å². The second-order valence-corrected chi connectivity index (χ2v) is 5.77. The van der Waals surface area contributed by atoms with Crippen molar-refractivity contribution in [1.29, 1.82) is 0 Å². The first-order valence-electron chi connectivity index (χ1n) is 7.83. The van der Waals surface area contributed by atoms with Crippen molar-refractivity contribution in [3.05, 3.63) is 59.7 Å². The monoisotopic (exact) mass is 338 g/mol. The molecule has 128 valence electrons. The van der Waals surface area contributed by atoms with Gasteiger partial charge in [0.05, 0.1) is 18.2 Å². The van der Waals surface area contributed by atoms with Gasteiger partial charge in [0.25, 0.3) is 0 Å². The molecular formula is C18H18N4O3. The number of carbonyl (C=O) groups is 2. The zero-order valence-electron chi connectivity index (χ0n) is 13.6. The number of nitrogens with one attached hydrogen (secondary N) is 3. The summed E-state index contributed by atoms with van der Waals surface area (Å²) in [6, 6.07) is 13.3. The lowest BCUT2D eigenvalue weighted by atomic mass is 10.0. The molecule has 0 aromatic heterocycles. The Bertz CT molecular complexity index is 813. The number of anilines is 1. The molecule has 0 bridgehead atoms. The van der Waals surface area contributed by atoms with Crippen LogP contribution in [-0.2, 0) is 11.2 Å². The standard InChI is InChI=1S/C18H18N4O3/c1-11-17(21-22-18(25)19-11)13-4-6-14(7-5-13)20-16(24)10-12-2-8-15(23)9-3-12/h2-9,11,23H,10H2,1H3,(H,20,24)(H2,19,22,25). The molecule has 0 radical (unpaired) electrons. The van der Waals surface area contributed by atoms with E-state index in [1.54, 1.807) is 36.4 Å². The molecule has 2 aromatic carbocycles. The van der Waals surface area contributed by atoms with Crippen LogP contribution in [0.25, 0.3) is 0 Å². The van der Waals surface area contributed by atoms with Crippen LogP contribution >= 0.6 is 0 Å². The maximum Gasteiger partial charge on any atom is 0.335 e. The fourth-order valence-corrected chi connectivity index (χ4v) is 2.55. The highest BCUT2D eigenvalue weighted by Gasteiger charge is 2.20. The summed E-state index contributed by atoms with van der Waals surface area (Å²) in [5.74, 6) is 0.0287. The van der Waals surface area contributed by atoms with E-state index < -0.39 is 0 Å². The van der Waals surface area contributed by atoms with E-state index in [1.807, 2.05) is 19.1 Å². The average Bonchev–Trinajstić information content (AvgIpc) is 2.58. The highest BCUT2D eigenvalue weighted by Crippen LogP contribution is 2.14. The maximum atomic E-state index is 12.1. The zero-order valence-corrected chi connectivity index (χ0v) is 13.6. The Labute approximate surface area is 144 Å². The quantitative estimate of drug-likeness (QED) is 0.685. The molecule has 3 amide bonds. The first-order valence-corrected chi connectivity index (χ1v) is 7.83. The summed E-state index contributed by atoms with van der Waals surface area (Å²) in [6.45, 7) is 1.85.